The maximum Gasteiger partial charge on any atom is 0.127 e. The SMILES string of the molecule is CCN(C)CC(C)NCc1ccccc1F. The van der Waals surface area contributed by atoms with Crippen molar-refractivity contribution in [3.63, 3.8) is 0 Å². The lowest BCUT2D eigenvalue weighted by Crippen LogP contribution is -2.37. The standard InChI is InChI=1S/C13H21FN2/c1-4-16(3)10-11(2)15-9-12-7-5-6-8-13(12)14/h5-8,11,15H,4,9-10H2,1-3H3. The highest BCUT2D eigenvalue weighted by molar-refractivity contribution is 5.16. The van der Waals surface area contributed by atoms with Gasteiger partial charge in [-0.2, -0.15) is 0 Å². The summed E-state index contributed by atoms with van der Waals surface area (Å²) in [6.07, 6.45) is 0. The van der Waals surface area contributed by atoms with Crippen molar-refractivity contribution in [3.05, 3.63) is 35.6 Å². The van der Waals surface area contributed by atoms with Gasteiger partial charge in [0, 0.05) is 24.7 Å². The fourth-order valence-electron chi connectivity index (χ4n) is 1.59. The summed E-state index contributed by atoms with van der Waals surface area (Å²) in [6.45, 7) is 6.85. The molecular formula is C13H21FN2. The number of hydrogen-bond donors (Lipinski definition) is 1. The first-order chi connectivity index (χ1) is 7.63. The van der Waals surface area contributed by atoms with Crippen molar-refractivity contribution in [2.75, 3.05) is 20.1 Å². The first kappa shape index (κ1) is 13.1. The Morgan fingerprint density at radius 1 is 1.38 bits per heavy atom. The second-order valence-electron chi connectivity index (χ2n) is 4.23. The molecule has 0 aliphatic rings. The lowest BCUT2D eigenvalue weighted by atomic mass is 10.2. The van der Waals surface area contributed by atoms with E-state index >= 15 is 0 Å². The smallest absolute Gasteiger partial charge is 0.127 e. The summed E-state index contributed by atoms with van der Waals surface area (Å²) in [5.41, 5.74) is 0.730. The van der Waals surface area contributed by atoms with Gasteiger partial charge in [-0.05, 0) is 26.6 Å². The molecule has 1 aromatic rings. The average molecular weight is 224 g/mol. The monoisotopic (exact) mass is 224 g/mol. The van der Waals surface area contributed by atoms with Crippen LogP contribution in [0.1, 0.15) is 19.4 Å². The van der Waals surface area contributed by atoms with Gasteiger partial charge in [-0.25, -0.2) is 4.39 Å². The molecule has 1 N–H and O–H groups in total. The van der Waals surface area contributed by atoms with E-state index in [9.17, 15) is 4.39 Å². The highest BCUT2D eigenvalue weighted by Crippen LogP contribution is 2.05. The number of halogens is 1. The van der Waals surface area contributed by atoms with Crippen LogP contribution in [0.2, 0.25) is 0 Å². The van der Waals surface area contributed by atoms with Gasteiger partial charge in [-0.15, -0.1) is 0 Å². The van der Waals surface area contributed by atoms with E-state index in [2.05, 4.69) is 31.1 Å². The van der Waals surface area contributed by atoms with Gasteiger partial charge in [-0.1, -0.05) is 25.1 Å². The molecule has 0 aliphatic heterocycles. The van der Waals surface area contributed by atoms with Gasteiger partial charge in [0.05, 0.1) is 0 Å². The molecule has 0 amide bonds. The molecule has 0 fully saturated rings. The van der Waals surface area contributed by atoms with Crippen LogP contribution in [0, 0.1) is 5.82 Å². The molecule has 16 heavy (non-hydrogen) atoms. The van der Waals surface area contributed by atoms with E-state index < -0.39 is 0 Å². The van der Waals surface area contributed by atoms with Crippen LogP contribution in [0.4, 0.5) is 4.39 Å². The molecule has 0 saturated carbocycles. The van der Waals surface area contributed by atoms with Crippen LogP contribution in [-0.2, 0) is 6.54 Å². The summed E-state index contributed by atoms with van der Waals surface area (Å²) in [5.74, 6) is -0.133. The van der Waals surface area contributed by atoms with Crippen molar-refractivity contribution in [3.8, 4) is 0 Å². The zero-order valence-electron chi connectivity index (χ0n) is 10.3. The van der Waals surface area contributed by atoms with Gasteiger partial charge in [0.15, 0.2) is 0 Å². The van der Waals surface area contributed by atoms with Crippen molar-refractivity contribution in [1.82, 2.24) is 10.2 Å². The Morgan fingerprint density at radius 2 is 2.06 bits per heavy atom. The Kier molecular flexibility index (Phi) is 5.43. The number of rotatable bonds is 6. The molecule has 0 aromatic heterocycles. The summed E-state index contributed by atoms with van der Waals surface area (Å²) in [7, 11) is 2.08. The minimum absolute atomic E-state index is 0.133. The van der Waals surface area contributed by atoms with Crippen molar-refractivity contribution in [1.29, 1.82) is 0 Å². The van der Waals surface area contributed by atoms with E-state index in [1.807, 2.05) is 12.1 Å². The van der Waals surface area contributed by atoms with Gasteiger partial charge >= 0.3 is 0 Å². The summed E-state index contributed by atoms with van der Waals surface area (Å²) in [6, 6.07) is 7.26. The molecule has 2 nitrogen and oxygen atoms in total. The quantitative estimate of drug-likeness (QED) is 0.797. The third kappa shape index (κ3) is 4.29. The Balaban J connectivity index is 2.37. The van der Waals surface area contributed by atoms with E-state index in [0.29, 0.717) is 12.6 Å². The fraction of sp³-hybridized carbons (Fsp3) is 0.538. The van der Waals surface area contributed by atoms with Crippen molar-refractivity contribution in [2.24, 2.45) is 0 Å². The van der Waals surface area contributed by atoms with Crippen molar-refractivity contribution in [2.45, 2.75) is 26.4 Å². The molecule has 90 valence electrons. The Bertz CT molecular complexity index is 315. The minimum Gasteiger partial charge on any atom is -0.309 e. The van der Waals surface area contributed by atoms with Gasteiger partial charge in [-0.3, -0.25) is 0 Å². The van der Waals surface area contributed by atoms with Gasteiger partial charge in [0.1, 0.15) is 5.82 Å². The minimum atomic E-state index is -0.133. The van der Waals surface area contributed by atoms with E-state index in [0.717, 1.165) is 18.7 Å². The highest BCUT2D eigenvalue weighted by atomic mass is 19.1. The first-order valence-corrected chi connectivity index (χ1v) is 5.78. The van der Waals surface area contributed by atoms with E-state index in [1.165, 1.54) is 6.07 Å². The molecule has 1 atom stereocenters. The molecule has 0 bridgehead atoms. The Morgan fingerprint density at radius 3 is 2.69 bits per heavy atom. The molecule has 1 unspecified atom stereocenters. The first-order valence-electron chi connectivity index (χ1n) is 5.78. The van der Waals surface area contributed by atoms with Crippen LogP contribution >= 0.6 is 0 Å². The van der Waals surface area contributed by atoms with E-state index in [1.54, 1.807) is 6.07 Å². The molecular weight excluding hydrogens is 203 g/mol. The Hall–Kier alpha value is -0.930. The lowest BCUT2D eigenvalue weighted by molar-refractivity contribution is 0.309. The highest BCUT2D eigenvalue weighted by Gasteiger charge is 2.06. The zero-order chi connectivity index (χ0) is 12.0. The zero-order valence-corrected chi connectivity index (χ0v) is 10.3. The number of benzene rings is 1. The van der Waals surface area contributed by atoms with Crippen LogP contribution in [0.3, 0.4) is 0 Å². The maximum atomic E-state index is 13.3. The third-order valence-corrected chi connectivity index (χ3v) is 2.72. The van der Waals surface area contributed by atoms with Gasteiger partial charge in [0.25, 0.3) is 0 Å². The molecule has 0 aliphatic carbocycles. The maximum absolute atomic E-state index is 13.3. The van der Waals surface area contributed by atoms with E-state index in [4.69, 9.17) is 0 Å². The number of hydrogen-bond acceptors (Lipinski definition) is 2. The lowest BCUT2D eigenvalue weighted by Gasteiger charge is -2.20. The molecule has 1 aromatic carbocycles. The van der Waals surface area contributed by atoms with Gasteiger partial charge in [0.2, 0.25) is 0 Å². The molecule has 0 heterocycles. The van der Waals surface area contributed by atoms with Crippen LogP contribution < -0.4 is 5.32 Å². The second-order valence-corrected chi connectivity index (χ2v) is 4.23. The average Bonchev–Trinajstić information content (AvgIpc) is 2.28. The van der Waals surface area contributed by atoms with Crippen LogP contribution in [0.15, 0.2) is 24.3 Å². The summed E-state index contributed by atoms with van der Waals surface area (Å²) < 4.78 is 13.3. The predicted molar refractivity (Wildman–Crippen MR) is 65.9 cm³/mol. The largest absolute Gasteiger partial charge is 0.309 e. The van der Waals surface area contributed by atoms with Crippen molar-refractivity contribution >= 4 is 0 Å². The number of nitrogens with zero attached hydrogens (tertiary/aromatic N) is 1. The molecule has 0 radical (unpaired) electrons. The summed E-state index contributed by atoms with van der Waals surface area (Å²) in [5, 5.41) is 3.32. The topological polar surface area (TPSA) is 15.3 Å². The summed E-state index contributed by atoms with van der Waals surface area (Å²) in [4.78, 5) is 2.24. The molecule has 3 heteroatoms. The Labute approximate surface area is 97.5 Å². The predicted octanol–water partition coefficient (Wildman–Crippen LogP) is 2.26. The van der Waals surface area contributed by atoms with Crippen LogP contribution in [0.5, 0.6) is 0 Å². The normalized spacial score (nSPS) is 13.1. The number of nitrogens with one attached hydrogen (secondary N) is 1. The second kappa shape index (κ2) is 6.61. The molecule has 1 rings (SSSR count). The van der Waals surface area contributed by atoms with Crippen LogP contribution in [0.25, 0.3) is 0 Å². The van der Waals surface area contributed by atoms with E-state index in [-0.39, 0.29) is 5.82 Å². The van der Waals surface area contributed by atoms with Gasteiger partial charge < -0.3 is 10.2 Å². The van der Waals surface area contributed by atoms with Crippen molar-refractivity contribution < 1.29 is 4.39 Å². The molecule has 0 spiro atoms. The third-order valence-electron chi connectivity index (χ3n) is 2.72. The van der Waals surface area contributed by atoms with Crippen LogP contribution in [-0.4, -0.2) is 31.1 Å². The number of likely N-dealkylation sites (N-methyl/N-ethyl adjacent to an activating group) is 1. The summed E-state index contributed by atoms with van der Waals surface area (Å²) >= 11 is 0. The molecule has 0 saturated heterocycles. The fourth-order valence-corrected chi connectivity index (χ4v) is 1.59.